The second kappa shape index (κ2) is 7.03. The summed E-state index contributed by atoms with van der Waals surface area (Å²) in [6, 6.07) is 0. The monoisotopic (exact) mass is 406 g/mol. The molecule has 4 aliphatic carbocycles. The van der Waals surface area contributed by atoms with Crippen LogP contribution in [0.15, 0.2) is 5.10 Å². The van der Waals surface area contributed by atoms with E-state index in [1.807, 2.05) is 0 Å². The summed E-state index contributed by atoms with van der Waals surface area (Å²) in [7, 11) is 0. The molecule has 5 aliphatic rings. The van der Waals surface area contributed by atoms with E-state index >= 15 is 0 Å². The number of halogens is 1. The Morgan fingerprint density at radius 3 is 2.41 bits per heavy atom. The molecule has 2 heterocycles. The van der Waals surface area contributed by atoms with E-state index in [4.69, 9.17) is 11.6 Å². The van der Waals surface area contributed by atoms with Crippen molar-refractivity contribution in [1.29, 1.82) is 0 Å². The third-order valence-corrected chi connectivity index (χ3v) is 8.54. The molecule has 7 heteroatoms. The highest BCUT2D eigenvalue weighted by Gasteiger charge is 2.54. The van der Waals surface area contributed by atoms with Crippen LogP contribution in [0.5, 0.6) is 0 Å². The van der Waals surface area contributed by atoms with Gasteiger partial charge in [0.1, 0.15) is 0 Å². The lowest BCUT2D eigenvalue weighted by atomic mass is 9.49. The van der Waals surface area contributed by atoms with E-state index in [0.29, 0.717) is 5.15 Å². The number of carbonyl (C=O) groups excluding carboxylic acids is 1. The number of amides is 1. The molecule has 5 nitrogen and oxygen atoms in total. The summed E-state index contributed by atoms with van der Waals surface area (Å²) in [5.74, 6) is 2.40. The Morgan fingerprint density at radius 2 is 1.78 bits per heavy atom. The van der Waals surface area contributed by atoms with Crippen molar-refractivity contribution in [2.24, 2.45) is 28.3 Å². The highest BCUT2D eigenvalue weighted by atomic mass is 35.5. The second-order valence-electron chi connectivity index (χ2n) is 9.10. The summed E-state index contributed by atoms with van der Waals surface area (Å²) in [5, 5.41) is 5.71. The molecule has 0 spiro atoms. The molecule has 1 N–H and O–H groups in total. The summed E-state index contributed by atoms with van der Waals surface area (Å²) >= 11 is 7.86. The fraction of sp³-hybridized carbons (Fsp3) is 0.750. The minimum Gasteiger partial charge on any atom is -0.348 e. The number of carbonyl (C=O) groups is 1. The van der Waals surface area contributed by atoms with Crippen LogP contribution in [0.4, 0.5) is 5.13 Å². The summed E-state index contributed by atoms with van der Waals surface area (Å²) in [4.78, 5) is 20.6. The smallest absolute Gasteiger partial charge is 0.246 e. The number of hydrazone groups is 1. The Morgan fingerprint density at radius 1 is 1.15 bits per heavy atom. The van der Waals surface area contributed by atoms with Gasteiger partial charge in [0.15, 0.2) is 10.3 Å². The average molecular weight is 407 g/mol. The third kappa shape index (κ3) is 3.39. The first kappa shape index (κ1) is 17.9. The number of hydrogen-bond donors (Lipinski definition) is 1. The van der Waals surface area contributed by atoms with Gasteiger partial charge in [0.2, 0.25) is 5.91 Å². The van der Waals surface area contributed by atoms with Crippen LogP contribution in [0.25, 0.3) is 0 Å². The molecule has 1 amide bonds. The maximum atomic E-state index is 12.9. The van der Waals surface area contributed by atoms with Gasteiger partial charge in [-0.1, -0.05) is 22.9 Å². The topological polar surface area (TPSA) is 57.6 Å². The van der Waals surface area contributed by atoms with E-state index in [0.717, 1.165) is 60.1 Å². The number of nitrogens with one attached hydrogen (secondary N) is 1. The second-order valence-corrected chi connectivity index (χ2v) is 10.5. The van der Waals surface area contributed by atoms with Gasteiger partial charge in [0.05, 0.1) is 16.5 Å². The van der Waals surface area contributed by atoms with Crippen molar-refractivity contribution >= 4 is 40.2 Å². The molecule has 0 radical (unpaired) electrons. The van der Waals surface area contributed by atoms with Crippen LogP contribution < -0.4 is 10.3 Å². The number of hydrogen-bond acceptors (Lipinski definition) is 5. The van der Waals surface area contributed by atoms with E-state index in [1.165, 1.54) is 38.5 Å². The van der Waals surface area contributed by atoms with Gasteiger partial charge in [0.25, 0.3) is 0 Å². The van der Waals surface area contributed by atoms with Crippen LogP contribution in [0, 0.1) is 23.2 Å². The molecule has 1 aromatic heterocycles. The van der Waals surface area contributed by atoms with Gasteiger partial charge in [-0.2, -0.15) is 5.10 Å². The van der Waals surface area contributed by atoms with Gasteiger partial charge in [-0.05, 0) is 75.5 Å². The minimum atomic E-state index is -0.164. The molecule has 4 bridgehead atoms. The van der Waals surface area contributed by atoms with Crippen molar-refractivity contribution in [3.8, 4) is 0 Å². The lowest BCUT2D eigenvalue weighted by Crippen LogP contribution is -2.52. The number of anilines is 1. The van der Waals surface area contributed by atoms with E-state index in [1.54, 1.807) is 17.6 Å². The summed E-state index contributed by atoms with van der Waals surface area (Å²) in [5.41, 5.74) is 2.68. The van der Waals surface area contributed by atoms with Crippen molar-refractivity contribution in [2.45, 2.75) is 57.8 Å². The molecule has 5 fully saturated rings. The molecule has 1 aliphatic heterocycles. The van der Waals surface area contributed by atoms with Gasteiger partial charge in [-0.25, -0.2) is 10.4 Å². The van der Waals surface area contributed by atoms with Crippen LogP contribution in [0.1, 0.15) is 62.7 Å². The maximum Gasteiger partial charge on any atom is 0.246 e. The maximum absolute atomic E-state index is 12.9. The van der Waals surface area contributed by atoms with Crippen molar-refractivity contribution in [3.05, 3.63) is 10.0 Å². The third-order valence-electron chi connectivity index (χ3n) is 7.09. The molecule has 0 unspecified atom stereocenters. The first-order valence-corrected chi connectivity index (χ1v) is 11.6. The van der Waals surface area contributed by atoms with E-state index in [9.17, 15) is 4.79 Å². The average Bonchev–Trinajstić information content (AvgIpc) is 3.02. The zero-order valence-electron chi connectivity index (χ0n) is 15.6. The molecule has 27 heavy (non-hydrogen) atoms. The van der Waals surface area contributed by atoms with Crippen LogP contribution in [0.2, 0.25) is 5.15 Å². The van der Waals surface area contributed by atoms with Crippen LogP contribution in [-0.2, 0) is 4.79 Å². The van der Waals surface area contributed by atoms with Crippen LogP contribution >= 0.6 is 22.9 Å². The molecule has 4 saturated carbocycles. The normalized spacial score (nSPS) is 35.1. The van der Waals surface area contributed by atoms with E-state index in [2.05, 4.69) is 20.4 Å². The Hall–Kier alpha value is -1.14. The molecule has 146 valence electrons. The molecule has 0 atom stereocenters. The number of aromatic nitrogens is 1. The standard InChI is InChI=1S/C20H27ClN4OS/c21-17-16(27-19(23-17)25-4-2-1-3-5-25)12-22-24-18(26)20-9-13-6-14(10-20)8-15(7-13)11-20/h12-15H,1-11H2,(H,24,26)/b22-12-. The first-order chi connectivity index (χ1) is 13.1. The zero-order valence-corrected chi connectivity index (χ0v) is 17.2. The predicted octanol–water partition coefficient (Wildman–Crippen LogP) is 4.45. The summed E-state index contributed by atoms with van der Waals surface area (Å²) in [6.45, 7) is 2.09. The predicted molar refractivity (Wildman–Crippen MR) is 110 cm³/mol. The number of nitrogens with zero attached hydrogens (tertiary/aromatic N) is 3. The molecule has 1 aromatic rings. The van der Waals surface area contributed by atoms with Gasteiger partial charge in [0, 0.05) is 13.1 Å². The SMILES string of the molecule is O=C(N/N=C\c1sc(N2CCCCC2)nc1Cl)C12CC3CC(CC(C3)C1)C2. The summed E-state index contributed by atoms with van der Waals surface area (Å²) in [6.07, 6.45) is 12.6. The van der Waals surface area contributed by atoms with Crippen LogP contribution in [-0.4, -0.2) is 30.2 Å². The fourth-order valence-electron chi connectivity index (χ4n) is 6.26. The number of piperidine rings is 1. The molecule has 1 saturated heterocycles. The number of thiazole rings is 1. The van der Waals surface area contributed by atoms with Crippen LogP contribution in [0.3, 0.4) is 0 Å². The van der Waals surface area contributed by atoms with Gasteiger partial charge in [-0.3, -0.25) is 4.79 Å². The molecular formula is C20H27ClN4OS. The van der Waals surface area contributed by atoms with Crippen molar-refractivity contribution in [1.82, 2.24) is 10.4 Å². The Kier molecular flexibility index (Phi) is 4.67. The molecular weight excluding hydrogens is 380 g/mol. The van der Waals surface area contributed by atoms with Gasteiger partial charge in [-0.15, -0.1) is 0 Å². The largest absolute Gasteiger partial charge is 0.348 e. The Balaban J connectivity index is 1.24. The lowest BCUT2D eigenvalue weighted by molar-refractivity contribution is -0.146. The van der Waals surface area contributed by atoms with E-state index in [-0.39, 0.29) is 11.3 Å². The lowest BCUT2D eigenvalue weighted by Gasteiger charge is -2.55. The first-order valence-electron chi connectivity index (χ1n) is 10.4. The Labute approximate surface area is 169 Å². The highest BCUT2D eigenvalue weighted by molar-refractivity contribution is 7.17. The number of rotatable bonds is 4. The minimum absolute atomic E-state index is 0.120. The zero-order chi connectivity index (χ0) is 18.4. The molecule has 6 rings (SSSR count). The van der Waals surface area contributed by atoms with Crippen molar-refractivity contribution < 1.29 is 4.79 Å². The van der Waals surface area contributed by atoms with Gasteiger partial charge < -0.3 is 4.90 Å². The Bertz CT molecular complexity index is 720. The highest BCUT2D eigenvalue weighted by Crippen LogP contribution is 2.60. The van der Waals surface area contributed by atoms with Crippen molar-refractivity contribution in [2.75, 3.05) is 18.0 Å². The quantitative estimate of drug-likeness (QED) is 0.593. The van der Waals surface area contributed by atoms with Crippen molar-refractivity contribution in [3.63, 3.8) is 0 Å². The molecule has 0 aromatic carbocycles. The summed E-state index contributed by atoms with van der Waals surface area (Å²) < 4.78 is 0. The van der Waals surface area contributed by atoms with Gasteiger partial charge >= 0.3 is 0 Å². The van der Waals surface area contributed by atoms with E-state index < -0.39 is 0 Å². The fourth-order valence-corrected chi connectivity index (χ4v) is 7.43.